The lowest BCUT2D eigenvalue weighted by atomic mass is 10.2. The fourth-order valence-corrected chi connectivity index (χ4v) is 3.31. The second kappa shape index (κ2) is 7.81. The molecule has 0 aromatic carbocycles. The standard InChI is InChI=1S/C16H16ClF3N4O2S/c1-4-27-9-5-6-11(17)22-12(9)14(25)24(3)13-8(21)7-10(16(18,19)20)23(2)15(13)26/h5-7H,4,21H2,1-3H3. The number of hydrogen-bond donors (Lipinski definition) is 1. The Labute approximate surface area is 162 Å². The number of anilines is 2. The van der Waals surface area contributed by atoms with Gasteiger partial charge in [-0.1, -0.05) is 18.5 Å². The number of nitrogens with two attached hydrogens (primary N) is 1. The zero-order valence-electron chi connectivity index (χ0n) is 14.6. The van der Waals surface area contributed by atoms with E-state index in [1.807, 2.05) is 6.92 Å². The van der Waals surface area contributed by atoms with Crippen LogP contribution in [0.5, 0.6) is 0 Å². The molecular weight excluding hydrogens is 405 g/mol. The summed E-state index contributed by atoms with van der Waals surface area (Å²) in [7, 11) is 2.20. The lowest BCUT2D eigenvalue weighted by Gasteiger charge is -2.22. The second-order valence-electron chi connectivity index (χ2n) is 5.47. The van der Waals surface area contributed by atoms with Gasteiger partial charge in [0.2, 0.25) is 0 Å². The average Bonchev–Trinajstić information content (AvgIpc) is 2.58. The Morgan fingerprint density at radius 3 is 2.59 bits per heavy atom. The molecule has 2 aromatic heterocycles. The predicted octanol–water partition coefficient (Wildman–Crippen LogP) is 3.42. The normalized spacial score (nSPS) is 11.5. The largest absolute Gasteiger partial charge is 0.431 e. The van der Waals surface area contributed by atoms with Gasteiger partial charge in [0.05, 0.1) is 5.69 Å². The molecule has 146 valence electrons. The number of pyridine rings is 2. The second-order valence-corrected chi connectivity index (χ2v) is 7.17. The van der Waals surface area contributed by atoms with E-state index in [9.17, 15) is 22.8 Å². The monoisotopic (exact) mass is 420 g/mol. The molecule has 0 fully saturated rings. The number of carbonyl (C=O) groups excluding carboxylic acids is 1. The number of nitrogen functional groups attached to an aromatic ring is 1. The molecule has 2 heterocycles. The molecule has 2 N–H and O–H groups in total. The third-order valence-electron chi connectivity index (χ3n) is 3.69. The predicted molar refractivity (Wildman–Crippen MR) is 99.5 cm³/mol. The third kappa shape index (κ3) is 4.22. The van der Waals surface area contributed by atoms with Crippen LogP contribution in [-0.2, 0) is 13.2 Å². The number of aromatic nitrogens is 2. The highest BCUT2D eigenvalue weighted by Gasteiger charge is 2.36. The smallest absolute Gasteiger partial charge is 0.397 e. The summed E-state index contributed by atoms with van der Waals surface area (Å²) < 4.78 is 39.5. The van der Waals surface area contributed by atoms with Gasteiger partial charge >= 0.3 is 6.18 Å². The van der Waals surface area contributed by atoms with Gasteiger partial charge in [0.15, 0.2) is 0 Å². The van der Waals surface area contributed by atoms with E-state index in [2.05, 4.69) is 4.98 Å². The highest BCUT2D eigenvalue weighted by Crippen LogP contribution is 2.32. The fourth-order valence-electron chi connectivity index (χ4n) is 2.42. The van der Waals surface area contributed by atoms with E-state index in [4.69, 9.17) is 17.3 Å². The van der Waals surface area contributed by atoms with Gasteiger partial charge in [-0.3, -0.25) is 9.59 Å². The first-order valence-corrected chi connectivity index (χ1v) is 8.99. The van der Waals surface area contributed by atoms with Gasteiger partial charge in [-0.15, -0.1) is 11.8 Å². The first-order chi connectivity index (χ1) is 12.5. The lowest BCUT2D eigenvalue weighted by molar-refractivity contribution is -0.143. The van der Waals surface area contributed by atoms with Gasteiger partial charge in [0.25, 0.3) is 11.5 Å². The van der Waals surface area contributed by atoms with Crippen LogP contribution < -0.4 is 16.2 Å². The molecule has 2 aromatic rings. The Balaban J connectivity index is 2.58. The van der Waals surface area contributed by atoms with Crippen molar-refractivity contribution in [3.8, 4) is 0 Å². The lowest BCUT2D eigenvalue weighted by Crippen LogP contribution is -2.37. The van der Waals surface area contributed by atoms with Crippen molar-refractivity contribution >= 4 is 40.6 Å². The Bertz CT molecular complexity index is 946. The third-order valence-corrected chi connectivity index (χ3v) is 4.83. The highest BCUT2D eigenvalue weighted by atomic mass is 35.5. The minimum absolute atomic E-state index is 0.0156. The molecule has 0 bridgehead atoms. The van der Waals surface area contributed by atoms with Gasteiger partial charge in [-0.2, -0.15) is 13.2 Å². The van der Waals surface area contributed by atoms with Gasteiger partial charge in [0, 0.05) is 19.0 Å². The number of rotatable bonds is 4. The van der Waals surface area contributed by atoms with Crippen LogP contribution in [-0.4, -0.2) is 28.3 Å². The molecule has 0 spiro atoms. The number of nitrogens with zero attached hydrogens (tertiary/aromatic N) is 3. The van der Waals surface area contributed by atoms with Crippen LogP contribution in [0.4, 0.5) is 24.5 Å². The molecule has 0 radical (unpaired) electrons. The number of amides is 1. The molecule has 6 nitrogen and oxygen atoms in total. The summed E-state index contributed by atoms with van der Waals surface area (Å²) >= 11 is 7.20. The number of thioether (sulfide) groups is 1. The maximum Gasteiger partial charge on any atom is 0.431 e. The maximum atomic E-state index is 13.0. The van der Waals surface area contributed by atoms with Crippen molar-refractivity contribution in [3.63, 3.8) is 0 Å². The van der Waals surface area contributed by atoms with Crippen molar-refractivity contribution < 1.29 is 18.0 Å². The Kier molecular flexibility index (Phi) is 6.10. The summed E-state index contributed by atoms with van der Waals surface area (Å²) in [5, 5.41) is 0.0699. The molecule has 1 amide bonds. The van der Waals surface area contributed by atoms with E-state index in [0.29, 0.717) is 21.3 Å². The zero-order chi connectivity index (χ0) is 20.5. The quantitative estimate of drug-likeness (QED) is 0.605. The summed E-state index contributed by atoms with van der Waals surface area (Å²) in [6.07, 6.45) is -4.76. The van der Waals surface area contributed by atoms with Crippen LogP contribution in [0.25, 0.3) is 0 Å². The van der Waals surface area contributed by atoms with E-state index < -0.39 is 29.0 Å². The zero-order valence-corrected chi connectivity index (χ0v) is 16.2. The van der Waals surface area contributed by atoms with E-state index in [1.165, 1.54) is 24.9 Å². The highest BCUT2D eigenvalue weighted by molar-refractivity contribution is 7.99. The van der Waals surface area contributed by atoms with Crippen molar-refractivity contribution in [1.29, 1.82) is 0 Å². The Morgan fingerprint density at radius 2 is 2.04 bits per heavy atom. The molecule has 11 heteroatoms. The van der Waals surface area contributed by atoms with Gasteiger partial charge in [-0.25, -0.2) is 4.98 Å². The minimum Gasteiger partial charge on any atom is -0.397 e. The van der Waals surface area contributed by atoms with Crippen LogP contribution in [0.1, 0.15) is 23.1 Å². The van der Waals surface area contributed by atoms with E-state index >= 15 is 0 Å². The molecule has 0 aliphatic carbocycles. The summed E-state index contributed by atoms with van der Waals surface area (Å²) in [5.41, 5.74) is 2.56. The van der Waals surface area contributed by atoms with Crippen LogP contribution >= 0.6 is 23.4 Å². The fraction of sp³-hybridized carbons (Fsp3) is 0.312. The van der Waals surface area contributed by atoms with Crippen molar-refractivity contribution in [2.24, 2.45) is 7.05 Å². The maximum absolute atomic E-state index is 13.0. The molecule has 0 unspecified atom stereocenters. The molecular formula is C16H16ClF3N4O2S. The SMILES string of the molecule is CCSc1ccc(Cl)nc1C(=O)N(C)c1c(N)cc(C(F)(F)F)n(C)c1=O. The summed E-state index contributed by atoms with van der Waals surface area (Å²) in [6, 6.07) is 3.74. The van der Waals surface area contributed by atoms with Crippen LogP contribution in [0.2, 0.25) is 5.15 Å². The molecule has 27 heavy (non-hydrogen) atoms. The van der Waals surface area contributed by atoms with Gasteiger partial charge in [-0.05, 0) is 24.0 Å². The number of carbonyl (C=O) groups is 1. The van der Waals surface area contributed by atoms with Gasteiger partial charge in [0.1, 0.15) is 22.2 Å². The number of halogens is 4. The first kappa shape index (κ1) is 21.1. The number of alkyl halides is 3. The topological polar surface area (TPSA) is 81.2 Å². The Morgan fingerprint density at radius 1 is 1.41 bits per heavy atom. The molecule has 0 aliphatic rings. The average molecular weight is 421 g/mol. The molecule has 0 saturated heterocycles. The van der Waals surface area contributed by atoms with Crippen molar-refractivity contribution in [3.05, 3.63) is 45.1 Å². The van der Waals surface area contributed by atoms with E-state index in [1.54, 1.807) is 6.07 Å². The van der Waals surface area contributed by atoms with Crippen LogP contribution in [0, 0.1) is 0 Å². The molecule has 0 aliphatic heterocycles. The van der Waals surface area contributed by atoms with E-state index in [0.717, 1.165) is 11.9 Å². The van der Waals surface area contributed by atoms with Crippen molar-refractivity contribution in [2.45, 2.75) is 18.0 Å². The van der Waals surface area contributed by atoms with Crippen LogP contribution in [0.15, 0.2) is 27.9 Å². The van der Waals surface area contributed by atoms with Gasteiger partial charge < -0.3 is 15.2 Å². The summed E-state index contributed by atoms with van der Waals surface area (Å²) in [4.78, 5) is 30.7. The number of hydrogen-bond acceptors (Lipinski definition) is 5. The van der Waals surface area contributed by atoms with Crippen LogP contribution in [0.3, 0.4) is 0 Å². The minimum atomic E-state index is -4.76. The summed E-state index contributed by atoms with van der Waals surface area (Å²) in [5.74, 6) is -0.0608. The first-order valence-electron chi connectivity index (χ1n) is 7.63. The van der Waals surface area contributed by atoms with Crippen molar-refractivity contribution in [2.75, 3.05) is 23.4 Å². The molecule has 0 saturated carbocycles. The van der Waals surface area contributed by atoms with E-state index in [-0.39, 0.29) is 16.5 Å². The molecule has 0 atom stereocenters. The van der Waals surface area contributed by atoms with Crippen molar-refractivity contribution in [1.82, 2.24) is 9.55 Å². The Hall–Kier alpha value is -2.20. The molecule has 2 rings (SSSR count). The summed E-state index contributed by atoms with van der Waals surface area (Å²) in [6.45, 7) is 1.88.